The first-order valence-electron chi connectivity index (χ1n) is 12.3. The second-order valence-corrected chi connectivity index (χ2v) is 9.80. The van der Waals surface area contributed by atoms with E-state index in [1.165, 1.54) is 30.7 Å². The standard InChI is InChI=1S/C26H33F2N5O/c27-21-4-6-24(7-5-21)32-12-10-31(11-13-32)17-20-18-33-9-8-19(20)14-25(33)16-29-26(34)30-23-3-1-2-22(28)15-23/h1-7,15,19-20,25H,8-14,16-18H2,(H2,29,30,34)/t19-,20-,25+/m0/s1. The minimum Gasteiger partial charge on any atom is -0.369 e. The number of nitrogens with zero attached hydrogens (tertiary/aromatic N) is 3. The number of anilines is 2. The van der Waals surface area contributed by atoms with Crippen LogP contribution in [0.5, 0.6) is 0 Å². The van der Waals surface area contributed by atoms with E-state index in [0.29, 0.717) is 30.1 Å². The van der Waals surface area contributed by atoms with Crippen LogP contribution >= 0.6 is 0 Å². The van der Waals surface area contributed by atoms with Gasteiger partial charge in [0.05, 0.1) is 0 Å². The molecule has 8 heteroatoms. The molecule has 4 aliphatic rings. The lowest BCUT2D eigenvalue weighted by Gasteiger charge is -2.51. The molecule has 2 aromatic carbocycles. The molecule has 4 fully saturated rings. The van der Waals surface area contributed by atoms with Crippen LogP contribution < -0.4 is 15.5 Å². The molecule has 34 heavy (non-hydrogen) atoms. The van der Waals surface area contributed by atoms with E-state index in [-0.39, 0.29) is 17.7 Å². The smallest absolute Gasteiger partial charge is 0.319 e. The van der Waals surface area contributed by atoms with Gasteiger partial charge in [0.15, 0.2) is 0 Å². The van der Waals surface area contributed by atoms with E-state index in [0.717, 1.165) is 57.9 Å². The monoisotopic (exact) mass is 469 g/mol. The zero-order chi connectivity index (χ0) is 23.5. The maximum atomic E-state index is 13.3. The number of benzene rings is 2. The van der Waals surface area contributed by atoms with E-state index in [2.05, 4.69) is 25.3 Å². The van der Waals surface area contributed by atoms with Crippen LogP contribution in [0.4, 0.5) is 25.0 Å². The molecule has 4 aliphatic heterocycles. The average molecular weight is 470 g/mol. The predicted octanol–water partition coefficient (Wildman–Crippen LogP) is 3.62. The van der Waals surface area contributed by atoms with Crippen LogP contribution in [0.1, 0.15) is 12.8 Å². The van der Waals surface area contributed by atoms with Crippen molar-refractivity contribution in [2.45, 2.75) is 18.9 Å². The Morgan fingerprint density at radius 1 is 0.971 bits per heavy atom. The molecule has 0 spiro atoms. The van der Waals surface area contributed by atoms with Gasteiger partial charge in [-0.05, 0) is 73.7 Å². The van der Waals surface area contributed by atoms with Crippen LogP contribution in [-0.4, -0.2) is 74.2 Å². The summed E-state index contributed by atoms with van der Waals surface area (Å²) in [6, 6.07) is 12.8. The molecule has 2 amide bonds. The molecule has 2 aromatic rings. The molecule has 6 rings (SSSR count). The van der Waals surface area contributed by atoms with Gasteiger partial charge in [0, 0.05) is 63.2 Å². The van der Waals surface area contributed by atoms with Gasteiger partial charge >= 0.3 is 6.03 Å². The Labute approximate surface area is 199 Å². The summed E-state index contributed by atoms with van der Waals surface area (Å²) >= 11 is 0. The number of amides is 2. The van der Waals surface area contributed by atoms with E-state index >= 15 is 0 Å². The van der Waals surface area contributed by atoms with Crippen molar-refractivity contribution in [3.63, 3.8) is 0 Å². The number of piperidine rings is 3. The van der Waals surface area contributed by atoms with Gasteiger partial charge in [0.25, 0.3) is 0 Å². The number of piperazine rings is 1. The summed E-state index contributed by atoms with van der Waals surface area (Å²) in [7, 11) is 0. The number of halogens is 2. The van der Waals surface area contributed by atoms with Crippen LogP contribution in [0.25, 0.3) is 0 Å². The SMILES string of the molecule is O=C(NC[C@H]1C[C@@H]2CCN1C[C@@H]2CN1CCN(c2ccc(F)cc2)CC1)Nc1cccc(F)c1. The van der Waals surface area contributed by atoms with Gasteiger partial charge in [-0.3, -0.25) is 9.80 Å². The van der Waals surface area contributed by atoms with Gasteiger partial charge in [-0.15, -0.1) is 0 Å². The minimum absolute atomic E-state index is 0.189. The second-order valence-electron chi connectivity index (χ2n) is 9.80. The van der Waals surface area contributed by atoms with E-state index < -0.39 is 0 Å². The van der Waals surface area contributed by atoms with Gasteiger partial charge < -0.3 is 15.5 Å². The zero-order valence-corrected chi connectivity index (χ0v) is 19.4. The Morgan fingerprint density at radius 2 is 1.76 bits per heavy atom. The summed E-state index contributed by atoms with van der Waals surface area (Å²) in [4.78, 5) is 19.7. The molecule has 2 bridgehead atoms. The minimum atomic E-state index is -0.364. The van der Waals surface area contributed by atoms with Crippen molar-refractivity contribution in [1.29, 1.82) is 0 Å². The van der Waals surface area contributed by atoms with Crippen LogP contribution in [0.15, 0.2) is 48.5 Å². The molecule has 4 heterocycles. The highest BCUT2D eigenvalue weighted by molar-refractivity contribution is 5.89. The third-order valence-corrected chi connectivity index (χ3v) is 7.65. The van der Waals surface area contributed by atoms with Crippen molar-refractivity contribution in [2.75, 3.05) is 62.6 Å². The van der Waals surface area contributed by atoms with Crippen LogP contribution in [0, 0.1) is 23.5 Å². The average Bonchev–Trinajstić information content (AvgIpc) is 2.84. The van der Waals surface area contributed by atoms with Crippen LogP contribution in [0.3, 0.4) is 0 Å². The molecule has 6 nitrogen and oxygen atoms in total. The fourth-order valence-corrected chi connectivity index (χ4v) is 5.79. The molecule has 4 atom stereocenters. The second kappa shape index (κ2) is 10.3. The number of nitrogens with one attached hydrogen (secondary N) is 2. The van der Waals surface area contributed by atoms with Crippen molar-refractivity contribution < 1.29 is 13.6 Å². The van der Waals surface area contributed by atoms with E-state index in [1.807, 2.05) is 12.1 Å². The van der Waals surface area contributed by atoms with Crippen molar-refractivity contribution in [3.05, 3.63) is 60.2 Å². The molecular weight excluding hydrogens is 436 g/mol. The number of hydrogen-bond donors (Lipinski definition) is 2. The molecule has 0 aliphatic carbocycles. The summed E-state index contributed by atoms with van der Waals surface area (Å²) < 4.78 is 26.5. The van der Waals surface area contributed by atoms with Crippen molar-refractivity contribution in [2.24, 2.45) is 11.8 Å². The van der Waals surface area contributed by atoms with Gasteiger partial charge in [0.1, 0.15) is 11.6 Å². The molecule has 182 valence electrons. The van der Waals surface area contributed by atoms with E-state index in [4.69, 9.17) is 0 Å². The number of hydrogen-bond acceptors (Lipinski definition) is 4. The molecule has 0 radical (unpaired) electrons. The molecule has 2 N–H and O–H groups in total. The van der Waals surface area contributed by atoms with Gasteiger partial charge in [0.2, 0.25) is 0 Å². The topological polar surface area (TPSA) is 50.9 Å². The molecule has 1 unspecified atom stereocenters. The van der Waals surface area contributed by atoms with Gasteiger partial charge in [-0.2, -0.15) is 0 Å². The Hall–Kier alpha value is -2.71. The third-order valence-electron chi connectivity index (χ3n) is 7.65. The highest BCUT2D eigenvalue weighted by atomic mass is 19.1. The lowest BCUT2D eigenvalue weighted by atomic mass is 9.75. The number of fused-ring (bicyclic) bond motifs is 3. The van der Waals surface area contributed by atoms with Crippen LogP contribution in [0.2, 0.25) is 0 Å². The Balaban J connectivity index is 1.06. The normalized spacial score (nSPS) is 26.9. The lowest BCUT2D eigenvalue weighted by molar-refractivity contribution is -0.0114. The van der Waals surface area contributed by atoms with Crippen LogP contribution in [-0.2, 0) is 0 Å². The number of carbonyl (C=O) groups is 1. The molecule has 0 saturated carbocycles. The highest BCUT2D eigenvalue weighted by Gasteiger charge is 2.40. The summed E-state index contributed by atoms with van der Waals surface area (Å²) in [6.07, 6.45) is 2.34. The summed E-state index contributed by atoms with van der Waals surface area (Å²) in [5.74, 6) is 0.809. The molecular formula is C26H33F2N5O. The first kappa shape index (κ1) is 23.1. The highest BCUT2D eigenvalue weighted by Crippen LogP contribution is 2.36. The maximum Gasteiger partial charge on any atom is 0.319 e. The fourth-order valence-electron chi connectivity index (χ4n) is 5.79. The predicted molar refractivity (Wildman–Crippen MR) is 130 cm³/mol. The first-order valence-corrected chi connectivity index (χ1v) is 12.3. The van der Waals surface area contributed by atoms with Crippen molar-refractivity contribution in [1.82, 2.24) is 15.1 Å². The largest absolute Gasteiger partial charge is 0.369 e. The number of carbonyl (C=O) groups excluding carboxylic acids is 1. The van der Waals surface area contributed by atoms with E-state index in [9.17, 15) is 13.6 Å². The Kier molecular flexibility index (Phi) is 6.97. The lowest BCUT2D eigenvalue weighted by Crippen LogP contribution is -2.59. The molecule has 0 aromatic heterocycles. The van der Waals surface area contributed by atoms with Gasteiger partial charge in [-0.25, -0.2) is 13.6 Å². The molecule has 4 saturated heterocycles. The quantitative estimate of drug-likeness (QED) is 0.679. The zero-order valence-electron chi connectivity index (χ0n) is 19.4. The fraction of sp³-hybridized carbons (Fsp3) is 0.500. The number of urea groups is 1. The van der Waals surface area contributed by atoms with Crippen molar-refractivity contribution >= 4 is 17.4 Å². The first-order chi connectivity index (χ1) is 16.5. The summed E-state index contributed by atoms with van der Waals surface area (Å²) in [5, 5.41) is 5.68. The summed E-state index contributed by atoms with van der Waals surface area (Å²) in [5.41, 5.74) is 1.56. The van der Waals surface area contributed by atoms with E-state index in [1.54, 1.807) is 12.1 Å². The summed E-state index contributed by atoms with van der Waals surface area (Å²) in [6.45, 7) is 7.93. The Morgan fingerprint density at radius 3 is 2.47 bits per heavy atom. The third kappa shape index (κ3) is 5.50. The van der Waals surface area contributed by atoms with Crippen molar-refractivity contribution in [3.8, 4) is 0 Å². The number of rotatable bonds is 6. The van der Waals surface area contributed by atoms with Gasteiger partial charge in [-0.1, -0.05) is 6.07 Å². The Bertz CT molecular complexity index is 979. The maximum absolute atomic E-state index is 13.3.